The fourth-order valence-electron chi connectivity index (χ4n) is 3.12. The van der Waals surface area contributed by atoms with Crippen molar-refractivity contribution in [2.75, 3.05) is 19.8 Å². The molecular weight excluding hydrogens is 431 g/mol. The molecule has 7 nitrogen and oxygen atoms in total. The van der Waals surface area contributed by atoms with E-state index in [2.05, 4.69) is 10.3 Å². The van der Waals surface area contributed by atoms with Crippen molar-refractivity contribution < 1.29 is 24.2 Å². The third-order valence-electron chi connectivity index (χ3n) is 4.75. The van der Waals surface area contributed by atoms with Gasteiger partial charge in [0.15, 0.2) is 6.10 Å². The molecule has 1 atom stereocenters. The maximum absolute atomic E-state index is 12.3. The first kappa shape index (κ1) is 26.5. The van der Waals surface area contributed by atoms with E-state index in [4.69, 9.17) is 14.6 Å². The molecule has 2 N–H and O–H groups in total. The van der Waals surface area contributed by atoms with Crippen molar-refractivity contribution in [2.24, 2.45) is 0 Å². The molecule has 0 aliphatic carbocycles. The maximum atomic E-state index is 12.3. The van der Waals surface area contributed by atoms with Crippen LogP contribution in [0.5, 0.6) is 5.75 Å². The number of aliphatic carboxylic acids is 1. The molecule has 0 saturated carbocycles. The van der Waals surface area contributed by atoms with Gasteiger partial charge in [0.1, 0.15) is 12.4 Å². The zero-order valence-corrected chi connectivity index (χ0v) is 20.9. The molecule has 0 fully saturated rings. The van der Waals surface area contributed by atoms with Crippen molar-refractivity contribution in [3.8, 4) is 17.0 Å². The average molecular weight is 457 g/mol. The van der Waals surface area contributed by atoms with Crippen LogP contribution >= 0.6 is 0 Å². The number of pyridine rings is 1. The summed E-state index contributed by atoms with van der Waals surface area (Å²) < 4.78 is 10.9. The van der Waals surface area contributed by atoms with Crippen molar-refractivity contribution in [3.05, 3.63) is 84.1 Å². The quantitative estimate of drug-likeness (QED) is 0.339. The molecule has 2 aromatic carbocycles. The SMILES string of the molecule is CCOC(Cc1ccc(OCCNC(=O)c2ccc(-c3ccccn3)cc2)cc1)C(=O)O.[Na]. The summed E-state index contributed by atoms with van der Waals surface area (Å²) in [7, 11) is 0. The minimum absolute atomic E-state index is 0. The van der Waals surface area contributed by atoms with Gasteiger partial charge in [0.05, 0.1) is 12.2 Å². The summed E-state index contributed by atoms with van der Waals surface area (Å²) in [6.07, 6.45) is 1.16. The third-order valence-corrected chi connectivity index (χ3v) is 4.75. The van der Waals surface area contributed by atoms with Gasteiger partial charge in [-0.1, -0.05) is 30.3 Å². The van der Waals surface area contributed by atoms with Gasteiger partial charge in [-0.25, -0.2) is 4.79 Å². The number of carboxylic acids is 1. The third kappa shape index (κ3) is 8.29. The van der Waals surface area contributed by atoms with E-state index in [0.29, 0.717) is 37.5 Å². The Morgan fingerprint density at radius 3 is 2.36 bits per heavy atom. The van der Waals surface area contributed by atoms with Gasteiger partial charge in [-0.15, -0.1) is 0 Å². The number of amides is 1. The number of rotatable bonds is 11. The second kappa shape index (κ2) is 13.7. The summed E-state index contributed by atoms with van der Waals surface area (Å²) in [4.78, 5) is 27.8. The van der Waals surface area contributed by atoms with Crippen molar-refractivity contribution >= 4 is 41.4 Å². The molecule has 3 rings (SSSR count). The summed E-state index contributed by atoms with van der Waals surface area (Å²) >= 11 is 0. The summed E-state index contributed by atoms with van der Waals surface area (Å²) in [6.45, 7) is 2.78. The predicted octanol–water partition coefficient (Wildman–Crippen LogP) is 3.21. The van der Waals surface area contributed by atoms with Crippen LogP contribution < -0.4 is 10.1 Å². The predicted molar refractivity (Wildman–Crippen MR) is 126 cm³/mol. The topological polar surface area (TPSA) is 97.8 Å². The van der Waals surface area contributed by atoms with E-state index in [1.54, 1.807) is 37.4 Å². The van der Waals surface area contributed by atoms with Gasteiger partial charge in [-0.3, -0.25) is 9.78 Å². The van der Waals surface area contributed by atoms with Crippen LogP contribution in [-0.2, 0) is 16.0 Å². The molecule has 167 valence electrons. The summed E-state index contributed by atoms with van der Waals surface area (Å²) in [5.74, 6) is -0.507. The Labute approximate surface area is 215 Å². The largest absolute Gasteiger partial charge is 0.492 e. The van der Waals surface area contributed by atoms with Crippen LogP contribution in [0, 0.1) is 0 Å². The van der Waals surface area contributed by atoms with E-state index < -0.39 is 12.1 Å². The molecule has 1 amide bonds. The van der Waals surface area contributed by atoms with Crippen molar-refractivity contribution in [3.63, 3.8) is 0 Å². The van der Waals surface area contributed by atoms with Gasteiger partial charge in [0.2, 0.25) is 0 Å². The molecule has 8 heteroatoms. The Hall–Kier alpha value is -2.71. The maximum Gasteiger partial charge on any atom is 0.333 e. The number of carbonyl (C=O) groups is 2. The minimum atomic E-state index is -0.978. The Morgan fingerprint density at radius 1 is 1.03 bits per heavy atom. The van der Waals surface area contributed by atoms with Gasteiger partial charge >= 0.3 is 5.97 Å². The van der Waals surface area contributed by atoms with Crippen LogP contribution in [0.3, 0.4) is 0 Å². The van der Waals surface area contributed by atoms with E-state index in [9.17, 15) is 9.59 Å². The number of ether oxygens (including phenoxy) is 2. The zero-order valence-electron chi connectivity index (χ0n) is 18.9. The van der Waals surface area contributed by atoms with Crippen LogP contribution in [0.2, 0.25) is 0 Å². The molecule has 0 spiro atoms. The second-order valence-corrected chi connectivity index (χ2v) is 7.03. The van der Waals surface area contributed by atoms with Crippen LogP contribution in [0.25, 0.3) is 11.3 Å². The number of carbonyl (C=O) groups excluding carboxylic acids is 1. The molecule has 1 heterocycles. The normalized spacial score (nSPS) is 11.2. The van der Waals surface area contributed by atoms with Crippen molar-refractivity contribution in [1.82, 2.24) is 10.3 Å². The van der Waals surface area contributed by atoms with Gasteiger partial charge in [-0.05, 0) is 48.9 Å². The van der Waals surface area contributed by atoms with Gasteiger partial charge in [-0.2, -0.15) is 0 Å². The van der Waals surface area contributed by atoms with Gasteiger partial charge in [0.25, 0.3) is 5.91 Å². The molecule has 0 saturated heterocycles. The monoisotopic (exact) mass is 457 g/mol. The summed E-state index contributed by atoms with van der Waals surface area (Å²) in [6, 6.07) is 20.2. The number of carboxylic acid groups (broad SMARTS) is 1. The van der Waals surface area contributed by atoms with Crippen LogP contribution in [0.1, 0.15) is 22.8 Å². The Bertz CT molecular complexity index is 1010. The van der Waals surface area contributed by atoms with Crippen molar-refractivity contribution in [2.45, 2.75) is 19.4 Å². The Kier molecular flexibility index (Phi) is 11.1. The molecule has 0 aliphatic rings. The summed E-state index contributed by atoms with van der Waals surface area (Å²) in [5, 5.41) is 12.0. The van der Waals surface area contributed by atoms with Gasteiger partial charge < -0.3 is 19.9 Å². The van der Waals surface area contributed by atoms with Crippen LogP contribution in [0.15, 0.2) is 72.9 Å². The number of nitrogens with one attached hydrogen (secondary N) is 1. The molecule has 0 aliphatic heterocycles. The number of benzene rings is 2. The second-order valence-electron chi connectivity index (χ2n) is 7.03. The Morgan fingerprint density at radius 2 is 1.76 bits per heavy atom. The standard InChI is InChI=1S/C25H26N2O5.Na/c1-2-31-23(25(29)30)17-18-6-12-21(13-7-18)32-16-15-27-24(28)20-10-8-19(9-11-20)22-5-3-4-14-26-22;/h3-14,23H,2,15-17H2,1H3,(H,27,28)(H,29,30);. The Balaban J connectivity index is 0.00000385. The minimum Gasteiger partial charge on any atom is -0.492 e. The van der Waals surface area contributed by atoms with Crippen LogP contribution in [0.4, 0.5) is 0 Å². The molecule has 1 aromatic heterocycles. The number of hydrogen-bond donors (Lipinski definition) is 2. The summed E-state index contributed by atoms with van der Waals surface area (Å²) in [5.41, 5.74) is 3.22. The number of aromatic nitrogens is 1. The van der Waals surface area contributed by atoms with Crippen LogP contribution in [-0.4, -0.2) is 77.4 Å². The molecular formula is C25H26N2NaO5. The number of hydrogen-bond acceptors (Lipinski definition) is 5. The molecule has 0 bridgehead atoms. The molecule has 33 heavy (non-hydrogen) atoms. The fourth-order valence-corrected chi connectivity index (χ4v) is 3.12. The van der Waals surface area contributed by atoms with E-state index >= 15 is 0 Å². The molecule has 3 aromatic rings. The van der Waals surface area contributed by atoms with E-state index in [1.807, 2.05) is 42.5 Å². The van der Waals surface area contributed by atoms with Crippen molar-refractivity contribution in [1.29, 1.82) is 0 Å². The van der Waals surface area contributed by atoms with E-state index in [1.165, 1.54) is 0 Å². The first-order chi connectivity index (χ1) is 15.6. The van der Waals surface area contributed by atoms with E-state index in [0.717, 1.165) is 16.8 Å². The zero-order chi connectivity index (χ0) is 22.8. The van der Waals surface area contributed by atoms with E-state index in [-0.39, 0.29) is 35.5 Å². The first-order valence-electron chi connectivity index (χ1n) is 10.4. The first-order valence-corrected chi connectivity index (χ1v) is 10.4. The smallest absolute Gasteiger partial charge is 0.333 e. The molecule has 1 radical (unpaired) electrons. The molecule has 1 unspecified atom stereocenters. The number of nitrogens with zero attached hydrogens (tertiary/aromatic N) is 1. The van der Waals surface area contributed by atoms with Gasteiger partial charge in [0, 0.05) is 59.9 Å². The average Bonchev–Trinajstić information content (AvgIpc) is 2.83. The fraction of sp³-hybridized carbons (Fsp3) is 0.240.